The molecule has 0 atom stereocenters. The van der Waals surface area contributed by atoms with Crippen molar-refractivity contribution in [3.05, 3.63) is 53.6 Å². The summed E-state index contributed by atoms with van der Waals surface area (Å²) in [5.74, 6) is 0.697. The molecular formula is C15H13N3O. The van der Waals surface area contributed by atoms with Crippen LogP contribution in [0.5, 0.6) is 0 Å². The lowest BCUT2D eigenvalue weighted by Crippen LogP contribution is -1.92. The maximum Gasteiger partial charge on any atom is 0.205 e. The average Bonchev–Trinajstić information content (AvgIpc) is 2.84. The lowest BCUT2D eigenvalue weighted by Gasteiger charge is -2.01. The molecule has 2 aromatic carbocycles. The first-order valence-electron chi connectivity index (χ1n) is 6.04. The number of hydrogen-bond donors (Lipinski definition) is 2. The van der Waals surface area contributed by atoms with Gasteiger partial charge in [0.25, 0.3) is 0 Å². The molecule has 0 aliphatic rings. The lowest BCUT2D eigenvalue weighted by atomic mass is 10.2. The number of carbonyl (C=O) groups is 1. The molecule has 0 radical (unpaired) electrons. The molecule has 0 saturated carbocycles. The number of H-pyrrole nitrogens is 1. The number of hydrogen-bond acceptors (Lipinski definition) is 3. The van der Waals surface area contributed by atoms with E-state index in [2.05, 4.69) is 15.3 Å². The molecule has 0 spiro atoms. The Kier molecular flexibility index (Phi) is 2.76. The van der Waals surface area contributed by atoms with Crippen LogP contribution in [0, 0.1) is 6.92 Å². The fourth-order valence-electron chi connectivity index (χ4n) is 2.02. The minimum atomic E-state index is 0.658. The number of carbonyl (C=O) groups excluding carboxylic acids is 1. The Balaban J connectivity index is 1.92. The Morgan fingerprint density at radius 1 is 1.16 bits per heavy atom. The summed E-state index contributed by atoms with van der Waals surface area (Å²) in [5, 5.41) is 3.19. The van der Waals surface area contributed by atoms with E-state index in [-0.39, 0.29) is 0 Å². The number of aldehydes is 1. The summed E-state index contributed by atoms with van der Waals surface area (Å²) < 4.78 is 0. The van der Waals surface area contributed by atoms with E-state index in [0.717, 1.165) is 28.6 Å². The zero-order valence-corrected chi connectivity index (χ0v) is 10.5. The largest absolute Gasteiger partial charge is 0.326 e. The summed E-state index contributed by atoms with van der Waals surface area (Å²) >= 11 is 0. The SMILES string of the molecule is Cc1cccc2[nH]c(Nc3ccc(C=O)cc3)nc12. The second kappa shape index (κ2) is 4.57. The highest BCUT2D eigenvalue weighted by molar-refractivity contribution is 5.81. The van der Waals surface area contributed by atoms with Gasteiger partial charge in [-0.05, 0) is 42.8 Å². The minimum absolute atomic E-state index is 0.658. The van der Waals surface area contributed by atoms with Crippen LogP contribution in [0.1, 0.15) is 15.9 Å². The second-order valence-electron chi connectivity index (χ2n) is 4.42. The highest BCUT2D eigenvalue weighted by Crippen LogP contribution is 2.20. The zero-order valence-electron chi connectivity index (χ0n) is 10.5. The van der Waals surface area contributed by atoms with Crippen LogP contribution in [-0.2, 0) is 0 Å². The van der Waals surface area contributed by atoms with Crippen LogP contribution in [0.4, 0.5) is 11.6 Å². The predicted octanol–water partition coefficient (Wildman–Crippen LogP) is 3.43. The van der Waals surface area contributed by atoms with Crippen molar-refractivity contribution in [3.8, 4) is 0 Å². The van der Waals surface area contributed by atoms with Gasteiger partial charge in [0, 0.05) is 11.3 Å². The topological polar surface area (TPSA) is 57.8 Å². The number of para-hydroxylation sites is 1. The van der Waals surface area contributed by atoms with Crippen molar-refractivity contribution in [1.29, 1.82) is 0 Å². The molecule has 0 saturated heterocycles. The van der Waals surface area contributed by atoms with E-state index in [1.165, 1.54) is 0 Å². The maximum absolute atomic E-state index is 10.6. The predicted molar refractivity (Wildman–Crippen MR) is 75.9 cm³/mol. The maximum atomic E-state index is 10.6. The molecule has 3 aromatic rings. The van der Waals surface area contributed by atoms with E-state index in [1.54, 1.807) is 12.1 Å². The number of aromatic nitrogens is 2. The number of rotatable bonds is 3. The van der Waals surface area contributed by atoms with Crippen LogP contribution in [0.25, 0.3) is 11.0 Å². The van der Waals surface area contributed by atoms with Crippen LogP contribution in [0.2, 0.25) is 0 Å². The van der Waals surface area contributed by atoms with E-state index in [1.807, 2.05) is 37.3 Å². The van der Waals surface area contributed by atoms with Crippen LogP contribution in [0.15, 0.2) is 42.5 Å². The minimum Gasteiger partial charge on any atom is -0.326 e. The van der Waals surface area contributed by atoms with Crippen LogP contribution >= 0.6 is 0 Å². The van der Waals surface area contributed by atoms with Crippen LogP contribution < -0.4 is 5.32 Å². The molecule has 0 unspecified atom stereocenters. The van der Waals surface area contributed by atoms with E-state index in [4.69, 9.17) is 0 Å². The van der Waals surface area contributed by atoms with Gasteiger partial charge in [0.2, 0.25) is 5.95 Å². The Morgan fingerprint density at radius 2 is 1.95 bits per heavy atom. The van der Waals surface area contributed by atoms with E-state index in [0.29, 0.717) is 11.5 Å². The molecule has 0 amide bonds. The van der Waals surface area contributed by atoms with Crippen LogP contribution in [0.3, 0.4) is 0 Å². The Bertz CT molecular complexity index is 729. The molecular weight excluding hydrogens is 238 g/mol. The van der Waals surface area contributed by atoms with Gasteiger partial charge in [-0.3, -0.25) is 4.79 Å². The highest BCUT2D eigenvalue weighted by atomic mass is 16.1. The summed E-state index contributed by atoms with van der Waals surface area (Å²) in [6.07, 6.45) is 0.828. The molecule has 0 aliphatic heterocycles. The number of aromatic amines is 1. The standard InChI is InChI=1S/C15H13N3O/c1-10-3-2-4-13-14(10)18-15(17-13)16-12-7-5-11(9-19)6-8-12/h2-9H,1H3,(H2,16,17,18). The van der Waals surface area contributed by atoms with Crippen molar-refractivity contribution in [2.75, 3.05) is 5.32 Å². The van der Waals surface area contributed by atoms with Gasteiger partial charge in [0.05, 0.1) is 11.0 Å². The van der Waals surface area contributed by atoms with Crippen LogP contribution in [-0.4, -0.2) is 16.3 Å². The summed E-state index contributed by atoms with van der Waals surface area (Å²) in [6.45, 7) is 2.03. The number of nitrogens with zero attached hydrogens (tertiary/aromatic N) is 1. The number of aryl methyl sites for hydroxylation is 1. The summed E-state index contributed by atoms with van der Waals surface area (Å²) in [4.78, 5) is 18.3. The Labute approximate surface area is 110 Å². The first-order chi connectivity index (χ1) is 9.26. The van der Waals surface area contributed by atoms with Crippen molar-refractivity contribution in [1.82, 2.24) is 9.97 Å². The normalized spacial score (nSPS) is 10.6. The summed E-state index contributed by atoms with van der Waals surface area (Å²) in [6, 6.07) is 13.3. The molecule has 3 rings (SSSR count). The first-order valence-corrected chi connectivity index (χ1v) is 6.04. The average molecular weight is 251 g/mol. The molecule has 4 nitrogen and oxygen atoms in total. The highest BCUT2D eigenvalue weighted by Gasteiger charge is 2.04. The van der Waals surface area contributed by atoms with Crippen molar-refractivity contribution >= 4 is 29.0 Å². The number of nitrogens with one attached hydrogen (secondary N) is 2. The van der Waals surface area contributed by atoms with Gasteiger partial charge in [-0.2, -0.15) is 0 Å². The van der Waals surface area contributed by atoms with Crippen molar-refractivity contribution < 1.29 is 4.79 Å². The van der Waals surface area contributed by atoms with Crippen molar-refractivity contribution in [2.24, 2.45) is 0 Å². The lowest BCUT2D eigenvalue weighted by molar-refractivity contribution is 0.112. The second-order valence-corrected chi connectivity index (χ2v) is 4.42. The Morgan fingerprint density at radius 3 is 2.63 bits per heavy atom. The quantitative estimate of drug-likeness (QED) is 0.701. The summed E-state index contributed by atoms with van der Waals surface area (Å²) in [7, 11) is 0. The number of anilines is 2. The third kappa shape index (κ3) is 2.20. The summed E-state index contributed by atoms with van der Waals surface area (Å²) in [5.41, 5.74) is 4.66. The molecule has 1 aromatic heterocycles. The molecule has 0 bridgehead atoms. The molecule has 0 aliphatic carbocycles. The fraction of sp³-hybridized carbons (Fsp3) is 0.0667. The van der Waals surface area contributed by atoms with E-state index < -0.39 is 0 Å². The van der Waals surface area contributed by atoms with Gasteiger partial charge in [-0.15, -0.1) is 0 Å². The van der Waals surface area contributed by atoms with Gasteiger partial charge in [0.15, 0.2) is 0 Å². The van der Waals surface area contributed by atoms with Gasteiger partial charge in [-0.25, -0.2) is 4.98 Å². The van der Waals surface area contributed by atoms with E-state index >= 15 is 0 Å². The third-order valence-electron chi connectivity index (χ3n) is 3.02. The van der Waals surface area contributed by atoms with E-state index in [9.17, 15) is 4.79 Å². The molecule has 19 heavy (non-hydrogen) atoms. The zero-order chi connectivity index (χ0) is 13.2. The number of imidazole rings is 1. The van der Waals surface area contributed by atoms with Crippen molar-refractivity contribution in [3.63, 3.8) is 0 Å². The number of benzene rings is 2. The first kappa shape index (κ1) is 11.5. The van der Waals surface area contributed by atoms with Gasteiger partial charge >= 0.3 is 0 Å². The molecule has 4 heteroatoms. The van der Waals surface area contributed by atoms with Gasteiger partial charge in [-0.1, -0.05) is 12.1 Å². The molecule has 0 fully saturated rings. The fourth-order valence-corrected chi connectivity index (χ4v) is 2.02. The van der Waals surface area contributed by atoms with Gasteiger partial charge < -0.3 is 10.3 Å². The molecule has 94 valence electrons. The third-order valence-corrected chi connectivity index (χ3v) is 3.02. The smallest absolute Gasteiger partial charge is 0.205 e. The van der Waals surface area contributed by atoms with Gasteiger partial charge in [0.1, 0.15) is 6.29 Å². The molecule has 2 N–H and O–H groups in total. The number of fused-ring (bicyclic) bond motifs is 1. The molecule has 1 heterocycles. The van der Waals surface area contributed by atoms with Crippen molar-refractivity contribution in [2.45, 2.75) is 6.92 Å². The monoisotopic (exact) mass is 251 g/mol. The Hall–Kier alpha value is -2.62.